The minimum absolute atomic E-state index is 0.173. The molecule has 0 aromatic rings. The first-order chi connectivity index (χ1) is 4.51. The van der Waals surface area contributed by atoms with E-state index in [1.165, 1.54) is 0 Å². The summed E-state index contributed by atoms with van der Waals surface area (Å²) in [5.41, 5.74) is 0. The Morgan fingerprint density at radius 3 is 2.30 bits per heavy atom. The Morgan fingerprint density at radius 1 is 1.50 bits per heavy atom. The van der Waals surface area contributed by atoms with E-state index in [1.807, 2.05) is 0 Å². The van der Waals surface area contributed by atoms with Crippen LogP contribution in [-0.4, -0.2) is 12.1 Å². The zero-order valence-electron chi connectivity index (χ0n) is 5.62. The van der Waals surface area contributed by atoms with Crippen LogP contribution in [0.1, 0.15) is 19.3 Å². The second-order valence-electron chi connectivity index (χ2n) is 2.87. The summed E-state index contributed by atoms with van der Waals surface area (Å²) < 4.78 is 37.0. The topological polar surface area (TPSA) is 0 Å². The second-order valence-corrected chi connectivity index (χ2v) is 2.87. The molecule has 1 saturated carbocycles. The largest absolute Gasteiger partial charge is 0.248 e. The first kappa shape index (κ1) is 7.89. The Hall–Kier alpha value is -0.210. The SMILES string of the molecule is [CH2]C(F)C1CCC(F)(F)C1. The van der Waals surface area contributed by atoms with Gasteiger partial charge in [-0.15, -0.1) is 0 Å². The average Bonchev–Trinajstić information content (AvgIpc) is 2.10. The van der Waals surface area contributed by atoms with Gasteiger partial charge >= 0.3 is 0 Å². The van der Waals surface area contributed by atoms with E-state index in [2.05, 4.69) is 6.92 Å². The molecule has 2 unspecified atom stereocenters. The van der Waals surface area contributed by atoms with Gasteiger partial charge in [-0.3, -0.25) is 0 Å². The second kappa shape index (κ2) is 2.44. The molecule has 59 valence electrons. The smallest absolute Gasteiger partial charge is 0.247 e. The maximum absolute atomic E-state index is 12.4. The first-order valence-electron chi connectivity index (χ1n) is 3.36. The van der Waals surface area contributed by atoms with Gasteiger partial charge in [-0.1, -0.05) is 0 Å². The van der Waals surface area contributed by atoms with Gasteiger partial charge in [0.25, 0.3) is 0 Å². The Bertz CT molecular complexity index is 120. The van der Waals surface area contributed by atoms with Crippen LogP contribution < -0.4 is 0 Å². The molecule has 0 aromatic heterocycles. The van der Waals surface area contributed by atoms with Gasteiger partial charge < -0.3 is 0 Å². The van der Waals surface area contributed by atoms with E-state index in [0.717, 1.165) is 0 Å². The third-order valence-electron chi connectivity index (χ3n) is 1.95. The van der Waals surface area contributed by atoms with Crippen molar-refractivity contribution in [3.05, 3.63) is 6.92 Å². The quantitative estimate of drug-likeness (QED) is 0.540. The van der Waals surface area contributed by atoms with Crippen LogP contribution in [0.4, 0.5) is 13.2 Å². The van der Waals surface area contributed by atoms with Crippen molar-refractivity contribution < 1.29 is 13.2 Å². The highest BCUT2D eigenvalue weighted by molar-refractivity contribution is 4.86. The highest BCUT2D eigenvalue weighted by Gasteiger charge is 2.41. The monoisotopic (exact) mass is 151 g/mol. The van der Waals surface area contributed by atoms with Crippen LogP contribution in [-0.2, 0) is 0 Å². The van der Waals surface area contributed by atoms with Crippen LogP contribution >= 0.6 is 0 Å². The van der Waals surface area contributed by atoms with Gasteiger partial charge in [0.2, 0.25) is 5.92 Å². The molecule has 0 amide bonds. The van der Waals surface area contributed by atoms with Crippen molar-refractivity contribution in [1.82, 2.24) is 0 Å². The maximum atomic E-state index is 12.4. The fourth-order valence-corrected chi connectivity index (χ4v) is 1.29. The Balaban J connectivity index is 2.43. The molecule has 10 heavy (non-hydrogen) atoms. The maximum Gasteiger partial charge on any atom is 0.248 e. The molecule has 0 spiro atoms. The molecular weight excluding hydrogens is 141 g/mol. The van der Waals surface area contributed by atoms with Gasteiger partial charge in [-0.25, -0.2) is 13.2 Å². The number of alkyl halides is 3. The predicted octanol–water partition coefficient (Wildman–Crippen LogP) is 2.59. The summed E-state index contributed by atoms with van der Waals surface area (Å²) in [6.07, 6.45) is -1.54. The summed E-state index contributed by atoms with van der Waals surface area (Å²) in [6.45, 7) is 3.09. The van der Waals surface area contributed by atoms with E-state index < -0.39 is 18.0 Å². The highest BCUT2D eigenvalue weighted by Crippen LogP contribution is 2.40. The number of halogens is 3. The van der Waals surface area contributed by atoms with Crippen molar-refractivity contribution in [3.63, 3.8) is 0 Å². The van der Waals surface area contributed by atoms with Crippen LogP contribution in [0.25, 0.3) is 0 Å². The molecule has 0 nitrogen and oxygen atoms in total. The molecule has 0 N–H and O–H groups in total. The fourth-order valence-electron chi connectivity index (χ4n) is 1.29. The average molecular weight is 151 g/mol. The summed E-state index contributed by atoms with van der Waals surface area (Å²) in [7, 11) is 0. The zero-order valence-corrected chi connectivity index (χ0v) is 5.62. The third kappa shape index (κ3) is 1.64. The molecule has 0 aliphatic heterocycles. The normalized spacial score (nSPS) is 34.2. The van der Waals surface area contributed by atoms with Crippen LogP contribution in [0.5, 0.6) is 0 Å². The fraction of sp³-hybridized carbons (Fsp3) is 0.857. The standard InChI is InChI=1S/C7H10F3/c1-5(8)6-2-3-7(9,10)4-6/h5-6H,1-4H2. The molecule has 1 fully saturated rings. The van der Waals surface area contributed by atoms with Gasteiger partial charge in [-0.05, 0) is 19.3 Å². The summed E-state index contributed by atoms with van der Waals surface area (Å²) in [6, 6.07) is 0. The van der Waals surface area contributed by atoms with Gasteiger partial charge in [0, 0.05) is 12.8 Å². The summed E-state index contributed by atoms with van der Waals surface area (Å²) in [4.78, 5) is 0. The Kier molecular flexibility index (Phi) is 1.92. The van der Waals surface area contributed by atoms with Crippen molar-refractivity contribution in [3.8, 4) is 0 Å². The summed E-state index contributed by atoms with van der Waals surface area (Å²) >= 11 is 0. The minimum atomic E-state index is -2.63. The van der Waals surface area contributed by atoms with Gasteiger partial charge in [0.1, 0.15) is 6.17 Å². The van der Waals surface area contributed by atoms with Crippen molar-refractivity contribution >= 4 is 0 Å². The van der Waals surface area contributed by atoms with Crippen molar-refractivity contribution in [1.29, 1.82) is 0 Å². The van der Waals surface area contributed by atoms with E-state index >= 15 is 0 Å². The molecule has 1 aliphatic rings. The molecule has 1 radical (unpaired) electrons. The van der Waals surface area contributed by atoms with Gasteiger partial charge in [0.15, 0.2) is 0 Å². The third-order valence-corrected chi connectivity index (χ3v) is 1.95. The first-order valence-corrected chi connectivity index (χ1v) is 3.36. The lowest BCUT2D eigenvalue weighted by molar-refractivity contribution is 0.00216. The van der Waals surface area contributed by atoms with Gasteiger partial charge in [0.05, 0.1) is 0 Å². The number of rotatable bonds is 1. The molecule has 2 atom stereocenters. The minimum Gasteiger partial charge on any atom is -0.247 e. The summed E-state index contributed by atoms with van der Waals surface area (Å²) in [5.74, 6) is -3.15. The van der Waals surface area contributed by atoms with Crippen LogP contribution in [0, 0.1) is 12.8 Å². The van der Waals surface area contributed by atoms with E-state index in [1.54, 1.807) is 0 Å². The molecule has 1 rings (SSSR count). The van der Waals surface area contributed by atoms with Crippen LogP contribution in [0.2, 0.25) is 0 Å². The van der Waals surface area contributed by atoms with E-state index in [4.69, 9.17) is 0 Å². The van der Waals surface area contributed by atoms with E-state index in [-0.39, 0.29) is 19.3 Å². The zero-order chi connectivity index (χ0) is 7.78. The van der Waals surface area contributed by atoms with Crippen LogP contribution in [0.3, 0.4) is 0 Å². The molecule has 0 bridgehead atoms. The molecular formula is C7H10F3. The number of hydrogen-bond donors (Lipinski definition) is 0. The lowest BCUT2D eigenvalue weighted by atomic mass is 10.0. The molecule has 0 aromatic carbocycles. The molecule has 0 heterocycles. The van der Waals surface area contributed by atoms with Crippen molar-refractivity contribution in [2.24, 2.45) is 5.92 Å². The van der Waals surface area contributed by atoms with Crippen LogP contribution in [0.15, 0.2) is 0 Å². The Morgan fingerprint density at radius 2 is 2.10 bits per heavy atom. The number of hydrogen-bond acceptors (Lipinski definition) is 0. The van der Waals surface area contributed by atoms with E-state index in [0.29, 0.717) is 0 Å². The molecule has 0 saturated heterocycles. The van der Waals surface area contributed by atoms with Gasteiger partial charge in [-0.2, -0.15) is 0 Å². The Labute approximate surface area is 58.4 Å². The van der Waals surface area contributed by atoms with Crippen molar-refractivity contribution in [2.45, 2.75) is 31.4 Å². The predicted molar refractivity (Wildman–Crippen MR) is 32.5 cm³/mol. The van der Waals surface area contributed by atoms with Crippen molar-refractivity contribution in [2.75, 3.05) is 0 Å². The lowest BCUT2D eigenvalue weighted by Gasteiger charge is -2.10. The molecule has 1 aliphatic carbocycles. The summed E-state index contributed by atoms with van der Waals surface area (Å²) in [5, 5.41) is 0. The highest BCUT2D eigenvalue weighted by atomic mass is 19.3. The molecule has 3 heteroatoms. The lowest BCUT2D eigenvalue weighted by Crippen LogP contribution is -2.14. The van der Waals surface area contributed by atoms with E-state index in [9.17, 15) is 13.2 Å².